The van der Waals surface area contributed by atoms with Crippen LogP contribution in [-0.2, 0) is 11.3 Å². The third-order valence-corrected chi connectivity index (χ3v) is 5.00. The van der Waals surface area contributed by atoms with E-state index in [0.717, 1.165) is 11.3 Å². The van der Waals surface area contributed by atoms with E-state index < -0.39 is 0 Å². The van der Waals surface area contributed by atoms with Crippen molar-refractivity contribution in [2.24, 2.45) is 0 Å². The maximum absolute atomic E-state index is 12.4. The van der Waals surface area contributed by atoms with Crippen LogP contribution < -0.4 is 5.32 Å². The first-order valence-electron chi connectivity index (χ1n) is 8.07. The van der Waals surface area contributed by atoms with Crippen molar-refractivity contribution in [3.63, 3.8) is 0 Å². The number of carbonyl (C=O) groups excluding carboxylic acids is 1. The number of nitrogens with one attached hydrogen (secondary N) is 1. The molecule has 2 aromatic carbocycles. The number of hydrogen-bond donors (Lipinski definition) is 1. The Kier molecular flexibility index (Phi) is 5.90. The normalized spacial score (nSPS) is 12.0. The predicted octanol–water partition coefficient (Wildman–Crippen LogP) is 3.42. The molecule has 0 radical (unpaired) electrons. The van der Waals surface area contributed by atoms with Crippen molar-refractivity contribution in [2.45, 2.75) is 30.8 Å². The van der Waals surface area contributed by atoms with Crippen molar-refractivity contribution in [3.05, 3.63) is 64.7 Å². The standard InChI is InChI=1S/C18H18ClN5OS/c1-12-6-8-14(9-7-12)11-20-17(25)13(2)26-18-21-22-23-24(18)16-5-3-4-15(19)10-16/h3-10,13H,11H2,1-2H3,(H,20,25)/t13-/m0/s1. The highest BCUT2D eigenvalue weighted by Crippen LogP contribution is 2.24. The molecule has 0 saturated carbocycles. The van der Waals surface area contributed by atoms with E-state index in [2.05, 4.69) is 20.8 Å². The number of hydrogen-bond acceptors (Lipinski definition) is 5. The molecule has 3 rings (SSSR count). The van der Waals surface area contributed by atoms with Gasteiger partial charge in [-0.15, -0.1) is 5.10 Å². The summed E-state index contributed by atoms with van der Waals surface area (Å²) in [6.07, 6.45) is 0. The molecule has 1 amide bonds. The van der Waals surface area contributed by atoms with Crippen molar-refractivity contribution in [2.75, 3.05) is 0 Å². The molecular weight excluding hydrogens is 370 g/mol. The number of aromatic nitrogens is 4. The highest BCUT2D eigenvalue weighted by molar-refractivity contribution is 8.00. The minimum Gasteiger partial charge on any atom is -0.351 e. The fourth-order valence-corrected chi connectivity index (χ4v) is 3.29. The van der Waals surface area contributed by atoms with Gasteiger partial charge in [-0.25, -0.2) is 0 Å². The van der Waals surface area contributed by atoms with Gasteiger partial charge in [-0.05, 0) is 48.0 Å². The van der Waals surface area contributed by atoms with Crippen LogP contribution in [0, 0.1) is 6.92 Å². The minimum absolute atomic E-state index is 0.0729. The lowest BCUT2D eigenvalue weighted by Gasteiger charge is -2.12. The fourth-order valence-electron chi connectivity index (χ4n) is 2.27. The van der Waals surface area contributed by atoms with E-state index >= 15 is 0 Å². The van der Waals surface area contributed by atoms with Gasteiger partial charge in [0.25, 0.3) is 0 Å². The average Bonchev–Trinajstić information content (AvgIpc) is 3.09. The molecule has 0 saturated heterocycles. The molecule has 0 aliphatic carbocycles. The minimum atomic E-state index is -0.343. The van der Waals surface area contributed by atoms with E-state index in [0.29, 0.717) is 16.7 Å². The molecule has 0 fully saturated rings. The zero-order valence-electron chi connectivity index (χ0n) is 14.4. The number of amides is 1. The zero-order chi connectivity index (χ0) is 18.5. The Morgan fingerprint density at radius 1 is 1.27 bits per heavy atom. The Balaban J connectivity index is 1.63. The molecule has 0 bridgehead atoms. The maximum atomic E-state index is 12.4. The first-order chi connectivity index (χ1) is 12.5. The van der Waals surface area contributed by atoms with E-state index in [-0.39, 0.29) is 11.2 Å². The lowest BCUT2D eigenvalue weighted by Crippen LogP contribution is -2.30. The molecule has 0 aliphatic heterocycles. The highest BCUT2D eigenvalue weighted by atomic mass is 35.5. The third-order valence-electron chi connectivity index (χ3n) is 3.73. The second-order valence-corrected chi connectivity index (χ2v) is 7.56. The molecule has 134 valence electrons. The van der Waals surface area contributed by atoms with Gasteiger partial charge in [0.05, 0.1) is 10.9 Å². The first kappa shape index (κ1) is 18.4. The van der Waals surface area contributed by atoms with Crippen LogP contribution in [0.3, 0.4) is 0 Å². The molecule has 0 unspecified atom stereocenters. The molecule has 26 heavy (non-hydrogen) atoms. The van der Waals surface area contributed by atoms with Crippen LogP contribution in [0.25, 0.3) is 5.69 Å². The average molecular weight is 388 g/mol. The molecule has 1 N–H and O–H groups in total. The van der Waals surface area contributed by atoms with Gasteiger partial charge < -0.3 is 5.32 Å². The number of aryl methyl sites for hydroxylation is 1. The largest absolute Gasteiger partial charge is 0.351 e. The zero-order valence-corrected chi connectivity index (χ0v) is 16.0. The van der Waals surface area contributed by atoms with Crippen molar-refractivity contribution in [1.29, 1.82) is 0 Å². The van der Waals surface area contributed by atoms with E-state index in [9.17, 15) is 4.79 Å². The van der Waals surface area contributed by atoms with Crippen molar-refractivity contribution in [3.8, 4) is 5.69 Å². The van der Waals surface area contributed by atoms with Gasteiger partial charge in [0, 0.05) is 11.6 Å². The van der Waals surface area contributed by atoms with Crippen LogP contribution in [0.5, 0.6) is 0 Å². The molecular formula is C18H18ClN5OS. The van der Waals surface area contributed by atoms with Gasteiger partial charge in [-0.1, -0.05) is 59.3 Å². The van der Waals surface area contributed by atoms with Gasteiger partial charge >= 0.3 is 0 Å². The summed E-state index contributed by atoms with van der Waals surface area (Å²) >= 11 is 7.32. The molecule has 1 atom stereocenters. The number of thioether (sulfide) groups is 1. The molecule has 3 aromatic rings. The van der Waals surface area contributed by atoms with E-state index in [4.69, 9.17) is 11.6 Å². The third kappa shape index (κ3) is 4.62. The van der Waals surface area contributed by atoms with Crippen LogP contribution in [0.15, 0.2) is 53.7 Å². The lowest BCUT2D eigenvalue weighted by molar-refractivity contribution is -0.120. The maximum Gasteiger partial charge on any atom is 0.233 e. The van der Waals surface area contributed by atoms with Gasteiger partial charge in [0.15, 0.2) is 0 Å². The Bertz CT molecular complexity index is 897. The number of halogens is 1. The lowest BCUT2D eigenvalue weighted by atomic mass is 10.1. The molecule has 1 aromatic heterocycles. The van der Waals surface area contributed by atoms with Gasteiger partial charge in [-0.3, -0.25) is 4.79 Å². The number of rotatable bonds is 6. The van der Waals surface area contributed by atoms with E-state index in [1.165, 1.54) is 17.3 Å². The van der Waals surface area contributed by atoms with Crippen LogP contribution in [0.4, 0.5) is 0 Å². The molecule has 1 heterocycles. The Morgan fingerprint density at radius 2 is 2.04 bits per heavy atom. The summed E-state index contributed by atoms with van der Waals surface area (Å²) in [6.45, 7) is 4.35. The van der Waals surface area contributed by atoms with E-state index in [1.54, 1.807) is 16.8 Å². The topological polar surface area (TPSA) is 72.7 Å². The summed E-state index contributed by atoms with van der Waals surface area (Å²) < 4.78 is 1.57. The summed E-state index contributed by atoms with van der Waals surface area (Å²) in [5.74, 6) is -0.0729. The Hall–Kier alpha value is -2.38. The Labute approximate surface area is 160 Å². The smallest absolute Gasteiger partial charge is 0.233 e. The van der Waals surface area contributed by atoms with Crippen LogP contribution in [0.2, 0.25) is 5.02 Å². The summed E-state index contributed by atoms with van der Waals surface area (Å²) in [5.41, 5.74) is 3.00. The fraction of sp³-hybridized carbons (Fsp3) is 0.222. The molecule has 0 aliphatic rings. The number of nitrogens with zero attached hydrogens (tertiary/aromatic N) is 4. The molecule has 0 spiro atoms. The van der Waals surface area contributed by atoms with E-state index in [1.807, 2.05) is 50.2 Å². The second kappa shape index (κ2) is 8.33. The number of carbonyl (C=O) groups is 1. The van der Waals surface area contributed by atoms with Crippen molar-refractivity contribution >= 4 is 29.3 Å². The summed E-state index contributed by atoms with van der Waals surface area (Å²) in [4.78, 5) is 12.4. The second-order valence-electron chi connectivity index (χ2n) is 5.82. The summed E-state index contributed by atoms with van der Waals surface area (Å²) in [6, 6.07) is 15.3. The molecule has 6 nitrogen and oxygen atoms in total. The first-order valence-corrected chi connectivity index (χ1v) is 9.33. The van der Waals surface area contributed by atoms with Gasteiger partial charge in [0.1, 0.15) is 0 Å². The number of benzene rings is 2. The molecule has 8 heteroatoms. The van der Waals surface area contributed by atoms with Crippen LogP contribution in [0.1, 0.15) is 18.1 Å². The van der Waals surface area contributed by atoms with Gasteiger partial charge in [0.2, 0.25) is 11.1 Å². The monoisotopic (exact) mass is 387 g/mol. The quantitative estimate of drug-likeness (QED) is 0.656. The summed E-state index contributed by atoms with van der Waals surface area (Å²) in [5, 5.41) is 15.4. The van der Waals surface area contributed by atoms with Gasteiger partial charge in [-0.2, -0.15) is 4.68 Å². The van der Waals surface area contributed by atoms with Crippen molar-refractivity contribution in [1.82, 2.24) is 25.5 Å². The van der Waals surface area contributed by atoms with Crippen molar-refractivity contribution < 1.29 is 4.79 Å². The predicted molar refractivity (Wildman–Crippen MR) is 103 cm³/mol. The Morgan fingerprint density at radius 3 is 2.77 bits per heavy atom. The van der Waals surface area contributed by atoms with Crippen LogP contribution in [-0.4, -0.2) is 31.4 Å². The SMILES string of the molecule is Cc1ccc(CNC(=O)[C@H](C)Sc2nnnn2-c2cccc(Cl)c2)cc1. The van der Waals surface area contributed by atoms with Crippen LogP contribution >= 0.6 is 23.4 Å². The highest BCUT2D eigenvalue weighted by Gasteiger charge is 2.19. The summed E-state index contributed by atoms with van der Waals surface area (Å²) in [7, 11) is 0. The number of tetrazole rings is 1.